The van der Waals surface area contributed by atoms with E-state index in [1.54, 1.807) is 19.6 Å². The minimum atomic E-state index is 0.556. The Morgan fingerprint density at radius 2 is 2.24 bits per heavy atom. The van der Waals surface area contributed by atoms with Crippen molar-refractivity contribution in [1.29, 1.82) is 0 Å². The molecule has 1 aromatic heterocycles. The first-order valence-corrected chi connectivity index (χ1v) is 5.92. The summed E-state index contributed by atoms with van der Waals surface area (Å²) in [6.07, 6.45) is 6.59. The first kappa shape index (κ1) is 11.7. The van der Waals surface area contributed by atoms with Crippen LogP contribution < -0.4 is 4.74 Å². The average Bonchev–Trinajstić information content (AvgIpc) is 2.90. The molecule has 0 aliphatic heterocycles. The van der Waals surface area contributed by atoms with Crippen LogP contribution in [0.15, 0.2) is 36.9 Å². The van der Waals surface area contributed by atoms with Gasteiger partial charge in [0.25, 0.3) is 0 Å². The van der Waals surface area contributed by atoms with Crippen molar-refractivity contribution in [3.63, 3.8) is 0 Å². The number of aromatic nitrogens is 2. The van der Waals surface area contributed by atoms with Crippen LogP contribution in [-0.4, -0.2) is 16.7 Å². The van der Waals surface area contributed by atoms with Crippen molar-refractivity contribution in [2.75, 3.05) is 7.11 Å². The van der Waals surface area contributed by atoms with Crippen LogP contribution in [0.2, 0.25) is 0 Å². The summed E-state index contributed by atoms with van der Waals surface area (Å²) >= 11 is 0. The number of methoxy groups -OCH3 is 1. The van der Waals surface area contributed by atoms with Crippen molar-refractivity contribution >= 4 is 0 Å². The lowest BCUT2D eigenvalue weighted by Crippen LogP contribution is -1.98. The predicted octanol–water partition coefficient (Wildman–Crippen LogP) is 3.39. The molecule has 0 N–H and O–H groups in total. The van der Waals surface area contributed by atoms with Gasteiger partial charge in [0, 0.05) is 12.4 Å². The van der Waals surface area contributed by atoms with Gasteiger partial charge in [-0.2, -0.15) is 0 Å². The van der Waals surface area contributed by atoms with Gasteiger partial charge in [0.15, 0.2) is 0 Å². The van der Waals surface area contributed by atoms with E-state index in [-0.39, 0.29) is 0 Å². The van der Waals surface area contributed by atoms with Crippen LogP contribution >= 0.6 is 0 Å². The fourth-order valence-electron chi connectivity index (χ4n) is 1.85. The maximum atomic E-state index is 5.46. The average molecular weight is 230 g/mol. The molecule has 0 amide bonds. The molecule has 2 rings (SSSR count). The van der Waals surface area contributed by atoms with Gasteiger partial charge < -0.3 is 9.30 Å². The summed E-state index contributed by atoms with van der Waals surface area (Å²) < 4.78 is 7.41. The van der Waals surface area contributed by atoms with Crippen molar-refractivity contribution in [2.24, 2.45) is 0 Å². The quantitative estimate of drug-likeness (QED) is 0.805. The van der Waals surface area contributed by atoms with Crippen molar-refractivity contribution in [3.05, 3.63) is 42.5 Å². The zero-order chi connectivity index (χ0) is 12.3. The fourth-order valence-corrected chi connectivity index (χ4v) is 1.85. The van der Waals surface area contributed by atoms with E-state index in [4.69, 9.17) is 4.74 Å². The number of hydrogen-bond acceptors (Lipinski definition) is 2. The Kier molecular flexibility index (Phi) is 3.47. The Balaban J connectivity index is 2.42. The van der Waals surface area contributed by atoms with Gasteiger partial charge in [-0.05, 0) is 30.0 Å². The lowest BCUT2D eigenvalue weighted by Gasteiger charge is -2.14. The van der Waals surface area contributed by atoms with Gasteiger partial charge in [-0.1, -0.05) is 19.9 Å². The maximum Gasteiger partial charge on any atom is 0.143 e. The largest absolute Gasteiger partial charge is 0.495 e. The minimum Gasteiger partial charge on any atom is -0.495 e. The van der Waals surface area contributed by atoms with Crippen LogP contribution in [0.1, 0.15) is 31.7 Å². The molecular formula is C14H18N2O. The Bertz CT molecular complexity index is 477. The Hall–Kier alpha value is -1.77. The normalized spacial score (nSPS) is 12.4. The van der Waals surface area contributed by atoms with E-state index in [2.05, 4.69) is 37.0 Å². The van der Waals surface area contributed by atoms with Crippen LogP contribution in [0, 0.1) is 0 Å². The second-order valence-electron chi connectivity index (χ2n) is 4.21. The van der Waals surface area contributed by atoms with Crippen LogP contribution in [0.5, 0.6) is 5.75 Å². The van der Waals surface area contributed by atoms with Gasteiger partial charge in [-0.25, -0.2) is 4.98 Å². The third-order valence-corrected chi connectivity index (χ3v) is 3.17. The molecule has 2 aromatic rings. The lowest BCUT2D eigenvalue weighted by molar-refractivity contribution is 0.412. The number of nitrogens with zero attached hydrogens (tertiary/aromatic N) is 2. The summed E-state index contributed by atoms with van der Waals surface area (Å²) in [4.78, 5) is 4.06. The summed E-state index contributed by atoms with van der Waals surface area (Å²) in [5.41, 5.74) is 2.34. The van der Waals surface area contributed by atoms with Gasteiger partial charge in [-0.15, -0.1) is 0 Å². The van der Waals surface area contributed by atoms with Gasteiger partial charge >= 0.3 is 0 Å². The molecule has 3 heteroatoms. The topological polar surface area (TPSA) is 27.1 Å². The molecule has 17 heavy (non-hydrogen) atoms. The highest BCUT2D eigenvalue weighted by Crippen LogP contribution is 2.28. The Labute approximate surface area is 102 Å². The first-order chi connectivity index (χ1) is 8.26. The molecule has 1 heterocycles. The number of rotatable bonds is 4. The summed E-state index contributed by atoms with van der Waals surface area (Å²) in [5.74, 6) is 1.45. The summed E-state index contributed by atoms with van der Waals surface area (Å²) in [5, 5.41) is 0. The van der Waals surface area contributed by atoms with Crippen LogP contribution in [0.3, 0.4) is 0 Å². The van der Waals surface area contributed by atoms with Crippen LogP contribution in [0.4, 0.5) is 0 Å². The smallest absolute Gasteiger partial charge is 0.143 e. The minimum absolute atomic E-state index is 0.556. The maximum absolute atomic E-state index is 5.46. The van der Waals surface area contributed by atoms with E-state index < -0.39 is 0 Å². The monoisotopic (exact) mass is 230 g/mol. The van der Waals surface area contributed by atoms with Crippen molar-refractivity contribution in [1.82, 2.24) is 9.55 Å². The van der Waals surface area contributed by atoms with Gasteiger partial charge in [0.2, 0.25) is 0 Å². The zero-order valence-corrected chi connectivity index (χ0v) is 10.6. The number of imidazole rings is 1. The standard InChI is InChI=1S/C14H18N2O/c1-4-11(2)12-5-6-13(14(9-12)17-3)16-8-7-15-10-16/h5-11H,4H2,1-3H3. The molecule has 1 atom stereocenters. The predicted molar refractivity (Wildman–Crippen MR) is 68.8 cm³/mol. The van der Waals surface area contributed by atoms with Gasteiger partial charge in [-0.3, -0.25) is 0 Å². The zero-order valence-electron chi connectivity index (χ0n) is 10.6. The number of ether oxygens (including phenoxy) is 1. The number of hydrogen-bond donors (Lipinski definition) is 0. The van der Waals surface area contributed by atoms with E-state index in [0.29, 0.717) is 5.92 Å². The summed E-state index contributed by atoms with van der Waals surface area (Å²) in [6, 6.07) is 6.36. The molecule has 0 saturated carbocycles. The summed E-state index contributed by atoms with van der Waals surface area (Å²) in [6.45, 7) is 4.42. The molecular weight excluding hydrogens is 212 g/mol. The molecule has 0 aliphatic carbocycles. The third kappa shape index (κ3) is 2.33. The molecule has 0 spiro atoms. The van der Waals surface area contributed by atoms with E-state index in [9.17, 15) is 0 Å². The fraction of sp³-hybridized carbons (Fsp3) is 0.357. The van der Waals surface area contributed by atoms with Crippen molar-refractivity contribution < 1.29 is 4.74 Å². The van der Waals surface area contributed by atoms with Gasteiger partial charge in [0.05, 0.1) is 19.1 Å². The molecule has 0 radical (unpaired) electrons. The molecule has 0 saturated heterocycles. The molecule has 0 fully saturated rings. The first-order valence-electron chi connectivity index (χ1n) is 5.92. The SMILES string of the molecule is CCC(C)c1ccc(-n2ccnc2)c(OC)c1. The Morgan fingerprint density at radius 3 is 2.82 bits per heavy atom. The van der Waals surface area contributed by atoms with Crippen LogP contribution in [0.25, 0.3) is 5.69 Å². The van der Waals surface area contributed by atoms with E-state index in [1.807, 2.05) is 10.8 Å². The molecule has 1 unspecified atom stereocenters. The van der Waals surface area contributed by atoms with E-state index in [1.165, 1.54) is 5.56 Å². The third-order valence-electron chi connectivity index (χ3n) is 3.17. The van der Waals surface area contributed by atoms with Gasteiger partial charge in [0.1, 0.15) is 5.75 Å². The number of benzene rings is 1. The highest BCUT2D eigenvalue weighted by Gasteiger charge is 2.09. The lowest BCUT2D eigenvalue weighted by atomic mass is 9.98. The molecule has 1 aromatic carbocycles. The second-order valence-corrected chi connectivity index (χ2v) is 4.21. The summed E-state index contributed by atoms with van der Waals surface area (Å²) in [7, 11) is 1.70. The van der Waals surface area contributed by atoms with E-state index in [0.717, 1.165) is 17.9 Å². The highest BCUT2D eigenvalue weighted by molar-refractivity contribution is 5.49. The molecule has 90 valence electrons. The molecule has 3 nitrogen and oxygen atoms in total. The molecule has 0 aliphatic rings. The van der Waals surface area contributed by atoms with Crippen molar-refractivity contribution in [3.8, 4) is 11.4 Å². The molecule has 0 bridgehead atoms. The van der Waals surface area contributed by atoms with Crippen LogP contribution in [-0.2, 0) is 0 Å². The highest BCUT2D eigenvalue weighted by atomic mass is 16.5. The van der Waals surface area contributed by atoms with E-state index >= 15 is 0 Å². The second kappa shape index (κ2) is 5.04. The Morgan fingerprint density at radius 1 is 1.41 bits per heavy atom. The van der Waals surface area contributed by atoms with Crippen molar-refractivity contribution in [2.45, 2.75) is 26.2 Å².